The Bertz CT molecular complexity index is 1160. The van der Waals surface area contributed by atoms with E-state index in [1.54, 1.807) is 12.1 Å². The summed E-state index contributed by atoms with van der Waals surface area (Å²) in [6, 6.07) is 13.8. The van der Waals surface area contributed by atoms with E-state index in [0.717, 1.165) is 42.0 Å². The Hall–Kier alpha value is -3.26. The highest BCUT2D eigenvalue weighted by molar-refractivity contribution is 7.80. The van der Waals surface area contributed by atoms with Gasteiger partial charge in [0, 0.05) is 17.8 Å². The molecule has 3 aromatic rings. The molecular weight excluding hydrogens is 439 g/mol. The number of nitrogens with zero attached hydrogens (tertiary/aromatic N) is 3. The molecule has 1 aromatic heterocycles. The highest BCUT2D eigenvalue weighted by atomic mass is 32.1. The Balaban J connectivity index is 1.76. The van der Waals surface area contributed by atoms with Gasteiger partial charge in [-0.2, -0.15) is 4.98 Å². The molecular formula is C25H27FN4O2S. The first kappa shape index (κ1) is 22.9. The van der Waals surface area contributed by atoms with Crippen LogP contribution in [0.2, 0.25) is 0 Å². The van der Waals surface area contributed by atoms with Crippen LogP contribution in [0.4, 0.5) is 4.39 Å². The summed E-state index contributed by atoms with van der Waals surface area (Å²) < 4.78 is 25.0. The zero-order chi connectivity index (χ0) is 23.4. The van der Waals surface area contributed by atoms with Crippen molar-refractivity contribution in [3.8, 4) is 17.1 Å². The molecule has 0 amide bonds. The Morgan fingerprint density at radius 1 is 1.18 bits per heavy atom. The Kier molecular flexibility index (Phi) is 7.03. The minimum atomic E-state index is -0.350. The molecule has 2 heterocycles. The summed E-state index contributed by atoms with van der Waals surface area (Å²) >= 11 is 5.71. The van der Waals surface area contributed by atoms with Crippen LogP contribution in [-0.4, -0.2) is 33.3 Å². The second-order valence-corrected chi connectivity index (χ2v) is 8.21. The van der Waals surface area contributed by atoms with Crippen molar-refractivity contribution in [3.63, 3.8) is 0 Å². The monoisotopic (exact) mass is 466 g/mol. The van der Waals surface area contributed by atoms with Gasteiger partial charge in [-0.05, 0) is 62.3 Å². The minimum Gasteiger partial charge on any atom is -0.494 e. The third kappa shape index (κ3) is 4.90. The molecule has 1 aliphatic rings. The van der Waals surface area contributed by atoms with E-state index >= 15 is 0 Å². The summed E-state index contributed by atoms with van der Waals surface area (Å²) in [6.45, 7) is 7.51. The molecule has 0 saturated heterocycles. The van der Waals surface area contributed by atoms with Crippen LogP contribution in [0.15, 0.2) is 58.8 Å². The molecule has 0 saturated carbocycles. The molecule has 0 aliphatic carbocycles. The van der Waals surface area contributed by atoms with Crippen LogP contribution in [0.1, 0.15) is 51.1 Å². The molecule has 8 heteroatoms. The van der Waals surface area contributed by atoms with Crippen molar-refractivity contribution in [2.24, 2.45) is 0 Å². The minimum absolute atomic E-state index is 0.271. The number of hydrogen-bond acceptors (Lipinski definition) is 5. The van der Waals surface area contributed by atoms with E-state index in [2.05, 4.69) is 27.3 Å². The topological polar surface area (TPSA) is 63.4 Å². The van der Waals surface area contributed by atoms with E-state index < -0.39 is 0 Å². The maximum Gasteiger partial charge on any atom is 0.258 e. The van der Waals surface area contributed by atoms with Gasteiger partial charge in [-0.15, -0.1) is 0 Å². The first-order chi connectivity index (χ1) is 16.0. The van der Waals surface area contributed by atoms with Crippen molar-refractivity contribution in [3.05, 3.63) is 71.5 Å². The number of halogens is 1. The third-order valence-corrected chi connectivity index (χ3v) is 5.93. The van der Waals surface area contributed by atoms with Gasteiger partial charge in [0.2, 0.25) is 5.82 Å². The summed E-state index contributed by atoms with van der Waals surface area (Å²) in [7, 11) is 0. The van der Waals surface area contributed by atoms with Crippen LogP contribution in [-0.2, 0) is 0 Å². The number of nitrogens with one attached hydrogen (secondary N) is 1. The summed E-state index contributed by atoms with van der Waals surface area (Å²) in [5.41, 5.74) is 3.36. The summed E-state index contributed by atoms with van der Waals surface area (Å²) in [6.07, 6.45) is 2.05. The van der Waals surface area contributed by atoms with Crippen molar-refractivity contribution in [1.29, 1.82) is 0 Å². The lowest BCUT2D eigenvalue weighted by Gasteiger charge is -2.37. The Labute approximate surface area is 198 Å². The highest BCUT2D eigenvalue weighted by Gasteiger charge is 2.33. The predicted octanol–water partition coefficient (Wildman–Crippen LogP) is 5.74. The van der Waals surface area contributed by atoms with E-state index in [-0.39, 0.29) is 11.9 Å². The maximum atomic E-state index is 13.7. The van der Waals surface area contributed by atoms with Crippen LogP contribution in [0.25, 0.3) is 17.0 Å². The van der Waals surface area contributed by atoms with E-state index in [0.29, 0.717) is 29.0 Å². The second-order valence-electron chi connectivity index (χ2n) is 7.82. The average molecular weight is 467 g/mol. The first-order valence-corrected chi connectivity index (χ1v) is 11.5. The Morgan fingerprint density at radius 3 is 2.67 bits per heavy atom. The van der Waals surface area contributed by atoms with Crippen molar-refractivity contribution < 1.29 is 13.7 Å². The zero-order valence-electron chi connectivity index (χ0n) is 19.0. The lowest BCUT2D eigenvalue weighted by atomic mass is 9.94. The average Bonchev–Trinajstić information content (AvgIpc) is 3.29. The predicted molar refractivity (Wildman–Crippen MR) is 130 cm³/mol. The van der Waals surface area contributed by atoms with Crippen LogP contribution in [0, 0.1) is 5.82 Å². The normalized spacial score (nSPS) is 16.2. The van der Waals surface area contributed by atoms with Crippen molar-refractivity contribution >= 4 is 22.9 Å². The second kappa shape index (κ2) is 10.1. The molecule has 1 aliphatic heterocycles. The largest absolute Gasteiger partial charge is 0.494 e. The van der Waals surface area contributed by atoms with Gasteiger partial charge in [-0.25, -0.2) is 4.39 Å². The molecule has 1 atom stereocenters. The standard InChI is InChI=1S/C25H27FN4O2S/c1-4-6-14-30-16(3)21(24-28-23(29-32-24)18-8-7-9-19(26)15-18)22(27-25(30)33)17-10-12-20(13-11-17)31-5-2/h7-13,15,22H,4-6,14H2,1-3H3,(H,27,33). The fourth-order valence-corrected chi connectivity index (χ4v) is 4.24. The maximum absolute atomic E-state index is 13.7. The molecule has 6 nitrogen and oxygen atoms in total. The number of aromatic nitrogens is 2. The quantitative estimate of drug-likeness (QED) is 0.425. The highest BCUT2D eigenvalue weighted by Crippen LogP contribution is 2.38. The van der Waals surface area contributed by atoms with Crippen LogP contribution >= 0.6 is 12.2 Å². The number of ether oxygens (including phenoxy) is 1. The summed E-state index contributed by atoms with van der Waals surface area (Å²) in [5.74, 6) is 1.17. The molecule has 172 valence electrons. The molecule has 1 unspecified atom stereocenters. The number of benzene rings is 2. The fraction of sp³-hybridized carbons (Fsp3) is 0.320. The van der Waals surface area contributed by atoms with E-state index in [9.17, 15) is 4.39 Å². The molecule has 0 radical (unpaired) electrons. The van der Waals surface area contributed by atoms with Crippen molar-refractivity contribution in [1.82, 2.24) is 20.4 Å². The Morgan fingerprint density at radius 2 is 1.97 bits per heavy atom. The number of unbranched alkanes of at least 4 members (excludes halogenated alkanes) is 1. The fourth-order valence-electron chi connectivity index (χ4n) is 3.89. The van der Waals surface area contributed by atoms with Gasteiger partial charge in [0.15, 0.2) is 5.11 Å². The lowest BCUT2D eigenvalue weighted by Crippen LogP contribution is -2.46. The third-order valence-electron chi connectivity index (χ3n) is 5.60. The SMILES string of the molecule is CCCCN1C(=S)NC(c2ccc(OCC)cc2)C(c2nc(-c3cccc(F)c3)no2)=C1C. The molecule has 2 aromatic carbocycles. The summed E-state index contributed by atoms with van der Waals surface area (Å²) in [5, 5.41) is 8.24. The number of allylic oxidation sites excluding steroid dienone is 1. The van der Waals surface area contributed by atoms with Gasteiger partial charge < -0.3 is 19.5 Å². The lowest BCUT2D eigenvalue weighted by molar-refractivity contribution is 0.340. The van der Waals surface area contributed by atoms with E-state index in [1.165, 1.54) is 12.1 Å². The van der Waals surface area contributed by atoms with E-state index in [4.69, 9.17) is 21.5 Å². The van der Waals surface area contributed by atoms with Gasteiger partial charge in [0.05, 0.1) is 18.2 Å². The molecule has 1 N–H and O–H groups in total. The molecule has 0 bridgehead atoms. The van der Waals surface area contributed by atoms with E-state index in [1.807, 2.05) is 38.1 Å². The molecule has 4 rings (SSSR count). The van der Waals surface area contributed by atoms with Crippen molar-refractivity contribution in [2.45, 2.75) is 39.7 Å². The number of rotatable bonds is 8. The van der Waals surface area contributed by atoms with Gasteiger partial charge in [0.1, 0.15) is 11.6 Å². The first-order valence-electron chi connectivity index (χ1n) is 11.1. The molecule has 33 heavy (non-hydrogen) atoms. The van der Waals surface area contributed by atoms with Crippen molar-refractivity contribution in [2.75, 3.05) is 13.2 Å². The van der Waals surface area contributed by atoms with Crippen LogP contribution in [0.5, 0.6) is 5.75 Å². The van der Waals surface area contributed by atoms with Gasteiger partial charge >= 0.3 is 0 Å². The van der Waals surface area contributed by atoms with Crippen LogP contribution < -0.4 is 10.1 Å². The van der Waals surface area contributed by atoms with Gasteiger partial charge in [0.25, 0.3) is 5.89 Å². The summed E-state index contributed by atoms with van der Waals surface area (Å²) in [4.78, 5) is 6.70. The van der Waals surface area contributed by atoms with Gasteiger partial charge in [-0.3, -0.25) is 0 Å². The zero-order valence-corrected chi connectivity index (χ0v) is 19.8. The molecule has 0 fully saturated rings. The van der Waals surface area contributed by atoms with Gasteiger partial charge in [-0.1, -0.05) is 42.8 Å². The smallest absolute Gasteiger partial charge is 0.258 e. The molecule has 0 spiro atoms. The van der Waals surface area contributed by atoms with Crippen LogP contribution in [0.3, 0.4) is 0 Å². The number of thiocarbonyl (C=S) groups is 1. The number of hydrogen-bond donors (Lipinski definition) is 1.